The molecule has 0 rings (SSSR count). The molecule has 0 aromatic heterocycles. The predicted molar refractivity (Wildman–Crippen MR) is 158 cm³/mol. The van der Waals surface area contributed by atoms with Crippen molar-refractivity contribution in [1.82, 2.24) is 0 Å². The molecular formula is C26H60KO8PS. The van der Waals surface area contributed by atoms with Gasteiger partial charge in [-0.2, -0.15) is 8.42 Å². The maximum atomic E-state index is 10.4. The summed E-state index contributed by atoms with van der Waals surface area (Å²) in [6.45, 7) is 6.96. The standard InChI is InChI=1S/C14H30.C12H27O4P.K.H2O4S.H/c1-3-5-7-9-11-13-14-12-10-8-6-4-2;1-2-3-4-5-6-7-8-9-10-11-12-16-17(13,14)15;;1-5(2,3)4;/h3-14H2,1-2H3;2-12H2,1H3,(H2,13,14,15);;(H2,1,2,3,4);. The van der Waals surface area contributed by atoms with Gasteiger partial charge in [0.25, 0.3) is 0 Å². The van der Waals surface area contributed by atoms with Crippen molar-refractivity contribution >= 4 is 69.6 Å². The Morgan fingerprint density at radius 3 is 0.892 bits per heavy atom. The molecule has 4 N–H and O–H groups in total. The Hall–Kier alpha value is 1.62. The minimum absolute atomic E-state index is 0. The van der Waals surface area contributed by atoms with E-state index in [1.54, 1.807) is 0 Å². The fraction of sp³-hybridized carbons (Fsp3) is 1.00. The van der Waals surface area contributed by atoms with Gasteiger partial charge in [0.1, 0.15) is 0 Å². The first-order valence-corrected chi connectivity index (χ1v) is 17.3. The average Bonchev–Trinajstić information content (AvgIpc) is 2.77. The van der Waals surface area contributed by atoms with Crippen LogP contribution in [0.5, 0.6) is 0 Å². The van der Waals surface area contributed by atoms with Crippen LogP contribution in [0.2, 0.25) is 0 Å². The molecule has 0 aliphatic heterocycles. The van der Waals surface area contributed by atoms with Gasteiger partial charge in [0.05, 0.1) is 6.61 Å². The van der Waals surface area contributed by atoms with Gasteiger partial charge in [-0.1, -0.05) is 156 Å². The molecule has 0 unspecified atom stereocenters. The zero-order valence-electron chi connectivity index (χ0n) is 23.5. The van der Waals surface area contributed by atoms with Gasteiger partial charge in [-0.05, 0) is 6.42 Å². The predicted octanol–water partition coefficient (Wildman–Crippen LogP) is 8.42. The van der Waals surface area contributed by atoms with Crippen LogP contribution in [-0.4, -0.2) is 85.3 Å². The molecule has 11 heteroatoms. The van der Waals surface area contributed by atoms with Crippen LogP contribution in [0, 0.1) is 0 Å². The van der Waals surface area contributed by atoms with Crippen molar-refractivity contribution in [2.45, 2.75) is 162 Å². The van der Waals surface area contributed by atoms with Crippen molar-refractivity contribution in [2.24, 2.45) is 0 Å². The number of rotatable bonds is 23. The topological polar surface area (TPSA) is 141 Å². The fourth-order valence-electron chi connectivity index (χ4n) is 3.69. The molecule has 0 heterocycles. The third-order valence-corrected chi connectivity index (χ3v) is 6.23. The van der Waals surface area contributed by atoms with Crippen LogP contribution in [0.1, 0.15) is 162 Å². The Balaban J connectivity index is -0.000000246. The molecule has 0 spiro atoms. The zero-order chi connectivity index (χ0) is 28.0. The molecule has 0 amide bonds. The van der Waals surface area contributed by atoms with E-state index < -0.39 is 18.2 Å². The van der Waals surface area contributed by atoms with Crippen LogP contribution in [0.25, 0.3) is 0 Å². The van der Waals surface area contributed by atoms with Gasteiger partial charge < -0.3 is 9.79 Å². The van der Waals surface area contributed by atoms with Gasteiger partial charge in [-0.15, -0.1) is 0 Å². The van der Waals surface area contributed by atoms with Crippen LogP contribution in [-0.2, 0) is 19.5 Å². The van der Waals surface area contributed by atoms with Gasteiger partial charge in [-0.3, -0.25) is 13.6 Å². The van der Waals surface area contributed by atoms with Crippen molar-refractivity contribution in [3.05, 3.63) is 0 Å². The molecule has 0 radical (unpaired) electrons. The normalized spacial score (nSPS) is 11.1. The number of phosphoric ester groups is 1. The summed E-state index contributed by atoms with van der Waals surface area (Å²) in [6.07, 6.45) is 29.5. The van der Waals surface area contributed by atoms with Gasteiger partial charge >= 0.3 is 69.6 Å². The number of phosphoric acid groups is 1. The van der Waals surface area contributed by atoms with Crippen molar-refractivity contribution in [3.8, 4) is 0 Å². The second-order valence-electron chi connectivity index (χ2n) is 9.49. The van der Waals surface area contributed by atoms with Gasteiger partial charge in [-0.25, -0.2) is 4.57 Å². The summed E-state index contributed by atoms with van der Waals surface area (Å²) < 4.78 is 46.3. The van der Waals surface area contributed by atoms with E-state index in [0.717, 1.165) is 19.3 Å². The molecule has 0 aromatic carbocycles. The molecule has 0 atom stereocenters. The van der Waals surface area contributed by atoms with Crippen LogP contribution >= 0.6 is 7.82 Å². The summed E-state index contributed by atoms with van der Waals surface area (Å²) in [6, 6.07) is 0. The van der Waals surface area contributed by atoms with Gasteiger partial charge in [0.15, 0.2) is 0 Å². The summed E-state index contributed by atoms with van der Waals surface area (Å²) in [7, 11) is -8.91. The van der Waals surface area contributed by atoms with E-state index in [9.17, 15) is 4.57 Å². The van der Waals surface area contributed by atoms with Crippen LogP contribution < -0.4 is 0 Å². The van der Waals surface area contributed by atoms with Crippen LogP contribution in [0.15, 0.2) is 0 Å². The SMILES string of the molecule is CCCCCCCCCCCCCC.CCCCCCCCCCCCOP(=O)(O)O.O=S(=O)(O)O.[KH]. The molecule has 37 heavy (non-hydrogen) atoms. The van der Waals surface area contributed by atoms with E-state index in [1.165, 1.54) is 122 Å². The van der Waals surface area contributed by atoms with Crippen molar-refractivity contribution in [3.63, 3.8) is 0 Å². The molecule has 224 valence electrons. The van der Waals surface area contributed by atoms with Crippen molar-refractivity contribution < 1.29 is 36.4 Å². The summed E-state index contributed by atoms with van der Waals surface area (Å²) in [5.41, 5.74) is 0. The van der Waals surface area contributed by atoms with Crippen molar-refractivity contribution in [2.75, 3.05) is 6.61 Å². The summed E-state index contributed by atoms with van der Waals surface area (Å²) >= 11 is 0. The minimum atomic E-state index is -4.67. The first-order valence-electron chi connectivity index (χ1n) is 14.4. The van der Waals surface area contributed by atoms with E-state index in [1.807, 2.05) is 0 Å². The summed E-state index contributed by atoms with van der Waals surface area (Å²) in [4.78, 5) is 16.9. The molecule has 0 aromatic rings. The van der Waals surface area contributed by atoms with Crippen LogP contribution in [0.3, 0.4) is 0 Å². The Kier molecular flexibility index (Phi) is 43.9. The monoisotopic (exact) mass is 602 g/mol. The second-order valence-corrected chi connectivity index (χ2v) is 11.6. The Morgan fingerprint density at radius 2 is 0.703 bits per heavy atom. The Morgan fingerprint density at radius 1 is 0.514 bits per heavy atom. The summed E-state index contributed by atoms with van der Waals surface area (Å²) in [5, 5.41) is 0. The third kappa shape index (κ3) is 67.4. The second kappa shape index (κ2) is 35.6. The van der Waals surface area contributed by atoms with E-state index >= 15 is 0 Å². The molecule has 0 aliphatic rings. The molecule has 0 saturated heterocycles. The van der Waals surface area contributed by atoms with E-state index in [-0.39, 0.29) is 58.0 Å². The molecular weight excluding hydrogens is 542 g/mol. The molecule has 8 nitrogen and oxygen atoms in total. The average molecular weight is 603 g/mol. The molecule has 0 saturated carbocycles. The fourth-order valence-corrected chi connectivity index (χ4v) is 4.05. The number of hydrogen-bond donors (Lipinski definition) is 4. The van der Waals surface area contributed by atoms with Gasteiger partial charge in [0.2, 0.25) is 0 Å². The van der Waals surface area contributed by atoms with Crippen LogP contribution in [0.4, 0.5) is 0 Å². The quantitative estimate of drug-likeness (QED) is 0.0395. The van der Waals surface area contributed by atoms with Gasteiger partial charge in [0, 0.05) is 0 Å². The van der Waals surface area contributed by atoms with E-state index in [2.05, 4.69) is 25.3 Å². The molecule has 0 aliphatic carbocycles. The van der Waals surface area contributed by atoms with Crippen molar-refractivity contribution in [1.29, 1.82) is 0 Å². The number of hydrogen-bond acceptors (Lipinski definition) is 4. The first-order chi connectivity index (χ1) is 17.0. The molecule has 0 fully saturated rings. The van der Waals surface area contributed by atoms with E-state index in [4.69, 9.17) is 27.3 Å². The maximum absolute atomic E-state index is 10.4. The van der Waals surface area contributed by atoms with E-state index in [0.29, 0.717) is 0 Å². The number of unbranched alkanes of at least 4 members (excludes halogenated alkanes) is 20. The first kappa shape index (κ1) is 45.6. The zero-order valence-corrected chi connectivity index (χ0v) is 25.3. The third-order valence-electron chi connectivity index (χ3n) is 5.71. The summed E-state index contributed by atoms with van der Waals surface area (Å²) in [5.74, 6) is 0. The molecule has 0 bridgehead atoms. The Labute approximate surface area is 272 Å². The Bertz CT molecular complexity index is 539.